The minimum atomic E-state index is -0.562. The Balaban J connectivity index is 2.40. The first-order chi connectivity index (χ1) is 8.31. The Labute approximate surface area is 107 Å². The first-order valence-corrected chi connectivity index (χ1v) is 6.10. The smallest absolute Gasteiger partial charge is 0.408 e. The summed E-state index contributed by atoms with van der Waals surface area (Å²) >= 11 is 0. The lowest BCUT2D eigenvalue weighted by molar-refractivity contribution is -0.126. The van der Waals surface area contributed by atoms with E-state index < -0.39 is 17.7 Å². The van der Waals surface area contributed by atoms with Gasteiger partial charge in [0, 0.05) is 7.11 Å². The minimum absolute atomic E-state index is 0.0270. The molecular weight excluding hydrogens is 236 g/mol. The zero-order valence-electron chi connectivity index (χ0n) is 11.4. The molecule has 0 aromatic carbocycles. The molecule has 104 valence electrons. The van der Waals surface area contributed by atoms with Crippen LogP contribution in [-0.4, -0.2) is 43.4 Å². The average molecular weight is 258 g/mol. The van der Waals surface area contributed by atoms with Crippen molar-refractivity contribution < 1.29 is 19.1 Å². The number of ether oxygens (including phenoxy) is 2. The molecule has 0 aliphatic carbocycles. The molecule has 2 unspecified atom stereocenters. The Morgan fingerprint density at radius 2 is 2.11 bits per heavy atom. The van der Waals surface area contributed by atoms with Crippen LogP contribution >= 0.6 is 0 Å². The van der Waals surface area contributed by atoms with E-state index in [0.29, 0.717) is 13.0 Å². The van der Waals surface area contributed by atoms with Gasteiger partial charge in [0.05, 0.1) is 12.6 Å². The molecular formula is C12H22N2O4. The zero-order chi connectivity index (χ0) is 13.8. The fourth-order valence-electron chi connectivity index (χ4n) is 1.79. The van der Waals surface area contributed by atoms with Crippen molar-refractivity contribution in [1.29, 1.82) is 0 Å². The summed E-state index contributed by atoms with van der Waals surface area (Å²) < 4.78 is 10.1. The van der Waals surface area contributed by atoms with E-state index in [1.807, 2.05) is 0 Å². The number of hydrogen-bond donors (Lipinski definition) is 2. The number of methoxy groups -OCH3 is 1. The second kappa shape index (κ2) is 6.04. The van der Waals surface area contributed by atoms with Crippen LogP contribution < -0.4 is 10.6 Å². The van der Waals surface area contributed by atoms with Gasteiger partial charge in [0.25, 0.3) is 0 Å². The third kappa shape index (κ3) is 4.91. The van der Waals surface area contributed by atoms with Crippen LogP contribution in [0.25, 0.3) is 0 Å². The molecule has 6 heteroatoms. The fourth-order valence-corrected chi connectivity index (χ4v) is 1.79. The van der Waals surface area contributed by atoms with Gasteiger partial charge in [0.15, 0.2) is 0 Å². The molecule has 0 aromatic rings. The monoisotopic (exact) mass is 258 g/mol. The summed E-state index contributed by atoms with van der Waals surface area (Å²) in [5.74, 6) is -0.186. The molecule has 1 aliphatic heterocycles. The topological polar surface area (TPSA) is 76.7 Å². The highest BCUT2D eigenvalue weighted by atomic mass is 16.6. The van der Waals surface area contributed by atoms with Crippen LogP contribution in [0, 0.1) is 0 Å². The highest BCUT2D eigenvalue weighted by Crippen LogP contribution is 2.11. The van der Waals surface area contributed by atoms with Gasteiger partial charge in [-0.1, -0.05) is 0 Å². The Morgan fingerprint density at radius 3 is 2.61 bits per heavy atom. The minimum Gasteiger partial charge on any atom is -0.444 e. The Bertz CT molecular complexity index is 312. The van der Waals surface area contributed by atoms with Crippen molar-refractivity contribution in [3.05, 3.63) is 0 Å². The molecule has 2 amide bonds. The lowest BCUT2D eigenvalue weighted by Gasteiger charge is -2.30. The molecule has 1 heterocycles. The Hall–Kier alpha value is -1.30. The van der Waals surface area contributed by atoms with Crippen molar-refractivity contribution in [2.24, 2.45) is 0 Å². The molecule has 18 heavy (non-hydrogen) atoms. The summed E-state index contributed by atoms with van der Waals surface area (Å²) in [5, 5.41) is 5.38. The molecule has 0 aromatic heterocycles. The highest BCUT2D eigenvalue weighted by molar-refractivity contribution is 5.86. The molecule has 1 aliphatic rings. The normalized spacial score (nSPS) is 24.3. The summed E-state index contributed by atoms with van der Waals surface area (Å²) in [6.45, 7) is 5.83. The molecule has 0 radical (unpaired) electrons. The maximum absolute atomic E-state index is 11.7. The first-order valence-electron chi connectivity index (χ1n) is 6.10. The van der Waals surface area contributed by atoms with Crippen LogP contribution in [-0.2, 0) is 14.3 Å². The SMILES string of the molecule is COCC1CCC(NC(=O)OC(C)(C)C)C(=O)N1. The number of piperidine rings is 1. The zero-order valence-corrected chi connectivity index (χ0v) is 11.4. The van der Waals surface area contributed by atoms with Crippen molar-refractivity contribution >= 4 is 12.0 Å². The summed E-state index contributed by atoms with van der Waals surface area (Å²) in [4.78, 5) is 23.3. The van der Waals surface area contributed by atoms with Crippen LogP contribution in [0.4, 0.5) is 4.79 Å². The van der Waals surface area contributed by atoms with Crippen LogP contribution in [0.15, 0.2) is 0 Å². The van der Waals surface area contributed by atoms with Gasteiger partial charge in [-0.05, 0) is 33.6 Å². The van der Waals surface area contributed by atoms with Gasteiger partial charge < -0.3 is 20.1 Å². The van der Waals surface area contributed by atoms with Crippen molar-refractivity contribution in [2.45, 2.75) is 51.3 Å². The number of alkyl carbamates (subject to hydrolysis) is 1. The second-order valence-corrected chi connectivity index (χ2v) is 5.44. The standard InChI is InChI=1S/C12H22N2O4/c1-12(2,3)18-11(16)14-9-6-5-8(7-17-4)13-10(9)15/h8-9H,5-7H2,1-4H3,(H,13,15)(H,14,16). The second-order valence-electron chi connectivity index (χ2n) is 5.44. The quantitative estimate of drug-likeness (QED) is 0.785. The summed E-state index contributed by atoms with van der Waals surface area (Å²) in [7, 11) is 1.59. The fraction of sp³-hybridized carbons (Fsp3) is 0.833. The van der Waals surface area contributed by atoms with Gasteiger partial charge >= 0.3 is 6.09 Å². The first kappa shape index (κ1) is 14.8. The van der Waals surface area contributed by atoms with E-state index in [2.05, 4.69) is 10.6 Å². The van der Waals surface area contributed by atoms with Crippen molar-refractivity contribution in [1.82, 2.24) is 10.6 Å². The van der Waals surface area contributed by atoms with E-state index in [0.717, 1.165) is 6.42 Å². The highest BCUT2D eigenvalue weighted by Gasteiger charge is 2.30. The van der Waals surface area contributed by atoms with E-state index in [1.165, 1.54) is 0 Å². The van der Waals surface area contributed by atoms with Gasteiger partial charge in [0.1, 0.15) is 11.6 Å². The van der Waals surface area contributed by atoms with E-state index in [-0.39, 0.29) is 11.9 Å². The lowest BCUT2D eigenvalue weighted by atomic mass is 10.0. The Morgan fingerprint density at radius 1 is 1.44 bits per heavy atom. The van der Waals surface area contributed by atoms with Gasteiger partial charge in [-0.15, -0.1) is 0 Å². The molecule has 0 bridgehead atoms. The largest absolute Gasteiger partial charge is 0.444 e. The molecule has 1 rings (SSSR count). The third-order valence-corrected chi connectivity index (χ3v) is 2.53. The van der Waals surface area contributed by atoms with Crippen LogP contribution in [0.3, 0.4) is 0 Å². The maximum atomic E-state index is 11.7. The van der Waals surface area contributed by atoms with Crippen LogP contribution in [0.5, 0.6) is 0 Å². The third-order valence-electron chi connectivity index (χ3n) is 2.53. The van der Waals surface area contributed by atoms with Crippen LogP contribution in [0.1, 0.15) is 33.6 Å². The molecule has 6 nitrogen and oxygen atoms in total. The molecule has 2 atom stereocenters. The molecule has 0 saturated carbocycles. The number of nitrogens with one attached hydrogen (secondary N) is 2. The Kier molecular flexibility index (Phi) is 4.95. The number of carbonyl (C=O) groups is 2. The predicted molar refractivity (Wildman–Crippen MR) is 66.2 cm³/mol. The lowest BCUT2D eigenvalue weighted by Crippen LogP contribution is -2.55. The van der Waals surface area contributed by atoms with E-state index in [9.17, 15) is 9.59 Å². The van der Waals surface area contributed by atoms with Gasteiger partial charge in [0.2, 0.25) is 5.91 Å². The summed E-state index contributed by atoms with van der Waals surface area (Å²) in [6, 6.07) is -0.493. The molecule has 0 spiro atoms. The van der Waals surface area contributed by atoms with E-state index in [1.54, 1.807) is 27.9 Å². The van der Waals surface area contributed by atoms with Gasteiger partial charge in [-0.25, -0.2) is 4.79 Å². The molecule has 2 N–H and O–H groups in total. The number of amides is 2. The molecule has 1 saturated heterocycles. The van der Waals surface area contributed by atoms with E-state index in [4.69, 9.17) is 9.47 Å². The maximum Gasteiger partial charge on any atom is 0.408 e. The van der Waals surface area contributed by atoms with E-state index >= 15 is 0 Å². The summed E-state index contributed by atoms with van der Waals surface area (Å²) in [6.07, 6.45) is 0.812. The van der Waals surface area contributed by atoms with Gasteiger partial charge in [-0.2, -0.15) is 0 Å². The number of carbonyl (C=O) groups excluding carboxylic acids is 2. The van der Waals surface area contributed by atoms with Crippen molar-refractivity contribution in [3.63, 3.8) is 0 Å². The summed E-state index contributed by atoms with van der Waals surface area (Å²) in [5.41, 5.74) is -0.562. The predicted octanol–water partition coefficient (Wildman–Crippen LogP) is 0.805. The van der Waals surface area contributed by atoms with Gasteiger partial charge in [-0.3, -0.25) is 4.79 Å². The number of hydrogen-bond acceptors (Lipinski definition) is 4. The van der Waals surface area contributed by atoms with Crippen LogP contribution in [0.2, 0.25) is 0 Å². The average Bonchev–Trinajstić information content (AvgIpc) is 2.20. The van der Waals surface area contributed by atoms with Crippen molar-refractivity contribution in [3.8, 4) is 0 Å². The number of rotatable bonds is 3. The van der Waals surface area contributed by atoms with Crippen molar-refractivity contribution in [2.75, 3.05) is 13.7 Å². The molecule has 1 fully saturated rings.